The van der Waals surface area contributed by atoms with Crippen molar-refractivity contribution in [1.82, 2.24) is 10.2 Å². The SMILES string of the molecule is CCOC(=O)[C@H]1CN(C(=O)OC(C)(C)C)C[C@@H]1N[C@@H](C)c1ccccc1. The highest BCUT2D eigenvalue weighted by Crippen LogP contribution is 2.24. The predicted molar refractivity (Wildman–Crippen MR) is 99.7 cm³/mol. The van der Waals surface area contributed by atoms with E-state index in [4.69, 9.17) is 9.47 Å². The molecule has 0 saturated carbocycles. The molecule has 0 radical (unpaired) electrons. The number of benzene rings is 1. The Kier molecular flexibility index (Phi) is 6.64. The van der Waals surface area contributed by atoms with Crippen molar-refractivity contribution in [2.45, 2.75) is 52.3 Å². The molecule has 0 bridgehead atoms. The number of carbonyl (C=O) groups is 2. The van der Waals surface area contributed by atoms with Gasteiger partial charge < -0.3 is 19.7 Å². The van der Waals surface area contributed by atoms with Crippen LogP contribution in [0.5, 0.6) is 0 Å². The Labute approximate surface area is 155 Å². The standard InChI is InChI=1S/C20H30N2O4/c1-6-25-18(23)16-12-22(19(24)26-20(3,4)5)13-17(16)21-14(2)15-10-8-7-9-11-15/h7-11,14,16-17,21H,6,12-13H2,1-5H3/t14-,16-,17-/m0/s1. The minimum Gasteiger partial charge on any atom is -0.466 e. The van der Waals surface area contributed by atoms with Crippen LogP contribution >= 0.6 is 0 Å². The average Bonchev–Trinajstić information content (AvgIpc) is 2.98. The monoisotopic (exact) mass is 362 g/mol. The summed E-state index contributed by atoms with van der Waals surface area (Å²) >= 11 is 0. The van der Waals surface area contributed by atoms with E-state index >= 15 is 0 Å². The first-order valence-corrected chi connectivity index (χ1v) is 9.17. The number of nitrogens with zero attached hydrogens (tertiary/aromatic N) is 1. The Balaban J connectivity index is 2.10. The Morgan fingerprint density at radius 1 is 1.23 bits per heavy atom. The summed E-state index contributed by atoms with van der Waals surface area (Å²) in [5.74, 6) is -0.690. The minimum atomic E-state index is -0.570. The number of carbonyl (C=O) groups excluding carboxylic acids is 2. The highest BCUT2D eigenvalue weighted by Gasteiger charge is 2.42. The van der Waals surface area contributed by atoms with Gasteiger partial charge in [-0.25, -0.2) is 4.79 Å². The molecule has 0 spiro atoms. The van der Waals surface area contributed by atoms with Gasteiger partial charge in [-0.3, -0.25) is 4.79 Å². The number of likely N-dealkylation sites (tertiary alicyclic amines) is 1. The summed E-state index contributed by atoms with van der Waals surface area (Å²) in [6.07, 6.45) is -0.400. The fraction of sp³-hybridized carbons (Fsp3) is 0.600. The lowest BCUT2D eigenvalue weighted by Gasteiger charge is -2.25. The summed E-state index contributed by atoms with van der Waals surface area (Å²) in [4.78, 5) is 26.4. The first-order chi connectivity index (χ1) is 12.2. The fourth-order valence-corrected chi connectivity index (χ4v) is 3.10. The average molecular weight is 362 g/mol. The molecule has 0 unspecified atom stereocenters. The van der Waals surface area contributed by atoms with Crippen molar-refractivity contribution in [3.05, 3.63) is 35.9 Å². The van der Waals surface area contributed by atoms with Crippen molar-refractivity contribution in [1.29, 1.82) is 0 Å². The third-order valence-electron chi connectivity index (χ3n) is 4.32. The Bertz CT molecular complexity index is 612. The molecule has 0 aliphatic carbocycles. The van der Waals surface area contributed by atoms with Gasteiger partial charge in [-0.05, 0) is 40.2 Å². The number of hydrogen-bond donors (Lipinski definition) is 1. The van der Waals surface area contributed by atoms with Gasteiger partial charge in [-0.15, -0.1) is 0 Å². The van der Waals surface area contributed by atoms with Gasteiger partial charge in [0.15, 0.2) is 0 Å². The van der Waals surface area contributed by atoms with E-state index in [0.29, 0.717) is 19.7 Å². The molecular weight excluding hydrogens is 332 g/mol. The van der Waals surface area contributed by atoms with Crippen molar-refractivity contribution >= 4 is 12.1 Å². The Hall–Kier alpha value is -2.08. The molecule has 1 fully saturated rings. The van der Waals surface area contributed by atoms with Crippen LogP contribution in [-0.2, 0) is 14.3 Å². The van der Waals surface area contributed by atoms with E-state index in [0.717, 1.165) is 5.56 Å². The quantitative estimate of drug-likeness (QED) is 0.815. The number of ether oxygens (including phenoxy) is 2. The zero-order valence-electron chi connectivity index (χ0n) is 16.3. The normalized spacial score (nSPS) is 21.3. The van der Waals surface area contributed by atoms with Crippen LogP contribution in [0.4, 0.5) is 4.79 Å². The van der Waals surface area contributed by atoms with E-state index in [2.05, 4.69) is 5.32 Å². The molecule has 3 atom stereocenters. The molecule has 1 aromatic rings. The van der Waals surface area contributed by atoms with Crippen molar-refractivity contribution in [2.24, 2.45) is 5.92 Å². The van der Waals surface area contributed by atoms with Gasteiger partial charge in [0.25, 0.3) is 0 Å². The van der Waals surface area contributed by atoms with Crippen molar-refractivity contribution < 1.29 is 19.1 Å². The fourth-order valence-electron chi connectivity index (χ4n) is 3.10. The van der Waals surface area contributed by atoms with Gasteiger partial charge in [-0.1, -0.05) is 30.3 Å². The molecule has 1 aliphatic heterocycles. The number of nitrogens with one attached hydrogen (secondary N) is 1. The van der Waals surface area contributed by atoms with Gasteiger partial charge in [-0.2, -0.15) is 0 Å². The molecule has 6 heteroatoms. The summed E-state index contributed by atoms with van der Waals surface area (Å²) in [7, 11) is 0. The second kappa shape index (κ2) is 8.54. The molecule has 1 heterocycles. The third kappa shape index (κ3) is 5.46. The minimum absolute atomic E-state index is 0.0525. The summed E-state index contributed by atoms with van der Waals surface area (Å²) in [6, 6.07) is 9.89. The number of rotatable bonds is 5. The van der Waals surface area contributed by atoms with Crippen LogP contribution in [0.1, 0.15) is 46.2 Å². The van der Waals surface area contributed by atoms with Crippen LogP contribution in [0.25, 0.3) is 0 Å². The lowest BCUT2D eigenvalue weighted by molar-refractivity contribution is -0.148. The van der Waals surface area contributed by atoms with E-state index < -0.39 is 17.6 Å². The van der Waals surface area contributed by atoms with Crippen LogP contribution in [0.2, 0.25) is 0 Å². The van der Waals surface area contributed by atoms with Crippen molar-refractivity contribution in [2.75, 3.05) is 19.7 Å². The molecule has 1 amide bonds. The lowest BCUT2D eigenvalue weighted by Crippen LogP contribution is -2.41. The van der Waals surface area contributed by atoms with E-state index in [1.54, 1.807) is 11.8 Å². The molecule has 0 aromatic heterocycles. The van der Waals surface area contributed by atoms with E-state index in [-0.39, 0.29) is 18.1 Å². The predicted octanol–water partition coefficient (Wildman–Crippen LogP) is 3.14. The maximum Gasteiger partial charge on any atom is 0.410 e. The number of amides is 1. The molecule has 26 heavy (non-hydrogen) atoms. The van der Waals surface area contributed by atoms with Crippen molar-refractivity contribution in [3.8, 4) is 0 Å². The summed E-state index contributed by atoms with van der Waals surface area (Å²) < 4.78 is 10.7. The molecule has 1 saturated heterocycles. The summed E-state index contributed by atoms with van der Waals surface area (Å²) in [5, 5.41) is 3.48. The molecule has 144 valence electrons. The van der Waals surface area contributed by atoms with Gasteiger partial charge in [0.2, 0.25) is 0 Å². The molecule has 6 nitrogen and oxygen atoms in total. The van der Waals surface area contributed by atoms with E-state index in [9.17, 15) is 9.59 Å². The molecule has 1 N–H and O–H groups in total. The van der Waals surface area contributed by atoms with Gasteiger partial charge in [0, 0.05) is 25.2 Å². The number of hydrogen-bond acceptors (Lipinski definition) is 5. The highest BCUT2D eigenvalue weighted by molar-refractivity contribution is 5.77. The Morgan fingerprint density at radius 2 is 1.88 bits per heavy atom. The largest absolute Gasteiger partial charge is 0.466 e. The topological polar surface area (TPSA) is 67.9 Å². The van der Waals surface area contributed by atoms with Crippen LogP contribution in [-0.4, -0.2) is 48.3 Å². The maximum absolute atomic E-state index is 12.4. The van der Waals surface area contributed by atoms with Gasteiger partial charge in [0.05, 0.1) is 12.5 Å². The summed E-state index contributed by atoms with van der Waals surface area (Å²) in [5.41, 5.74) is 0.560. The Morgan fingerprint density at radius 3 is 2.46 bits per heavy atom. The van der Waals surface area contributed by atoms with Crippen LogP contribution in [0, 0.1) is 5.92 Å². The zero-order chi connectivity index (χ0) is 19.3. The maximum atomic E-state index is 12.4. The zero-order valence-corrected chi connectivity index (χ0v) is 16.3. The number of esters is 1. The van der Waals surface area contributed by atoms with E-state index in [1.807, 2.05) is 58.0 Å². The molecule has 1 aromatic carbocycles. The molecule has 1 aliphatic rings. The smallest absolute Gasteiger partial charge is 0.410 e. The highest BCUT2D eigenvalue weighted by atomic mass is 16.6. The second-order valence-electron chi connectivity index (χ2n) is 7.65. The lowest BCUT2D eigenvalue weighted by atomic mass is 10.0. The first kappa shape index (κ1) is 20.2. The third-order valence-corrected chi connectivity index (χ3v) is 4.32. The molecule has 2 rings (SSSR count). The molecular formula is C20H30N2O4. The first-order valence-electron chi connectivity index (χ1n) is 9.17. The van der Waals surface area contributed by atoms with Crippen LogP contribution < -0.4 is 5.32 Å². The van der Waals surface area contributed by atoms with E-state index in [1.165, 1.54) is 0 Å². The van der Waals surface area contributed by atoms with Gasteiger partial charge >= 0.3 is 12.1 Å². The summed E-state index contributed by atoms with van der Waals surface area (Å²) in [6.45, 7) is 10.4. The van der Waals surface area contributed by atoms with Crippen LogP contribution in [0.15, 0.2) is 30.3 Å². The second-order valence-corrected chi connectivity index (χ2v) is 7.65. The van der Waals surface area contributed by atoms with Crippen molar-refractivity contribution in [3.63, 3.8) is 0 Å². The van der Waals surface area contributed by atoms with Crippen LogP contribution in [0.3, 0.4) is 0 Å². The van der Waals surface area contributed by atoms with Gasteiger partial charge in [0.1, 0.15) is 5.60 Å².